The minimum atomic E-state index is 0.508. The minimum Gasteiger partial charge on any atom is -0.399 e. The van der Waals surface area contributed by atoms with Crippen LogP contribution in [0.4, 0.5) is 0 Å². The predicted molar refractivity (Wildman–Crippen MR) is 255 cm³/mol. The molecular weight excluding hydrogens is 699 g/mol. The number of rotatable bonds is 8. The van der Waals surface area contributed by atoms with Crippen molar-refractivity contribution in [3.63, 3.8) is 0 Å². The Morgan fingerprint density at radius 2 is 1.23 bits per heavy atom. The lowest BCUT2D eigenvalue weighted by Crippen LogP contribution is -1.98. The molecular formula is C52H63N3S. The van der Waals surface area contributed by atoms with Gasteiger partial charge >= 0.3 is 0 Å². The van der Waals surface area contributed by atoms with Gasteiger partial charge in [0.05, 0.1) is 6.54 Å². The van der Waals surface area contributed by atoms with Crippen LogP contribution < -0.4 is 11.5 Å². The molecule has 4 N–H and O–H groups in total. The van der Waals surface area contributed by atoms with E-state index in [1.54, 1.807) is 0 Å². The Kier molecular flexibility index (Phi) is 22.6. The lowest BCUT2D eigenvalue weighted by atomic mass is 9.94. The third-order valence-electron chi connectivity index (χ3n) is 8.23. The number of unbranched alkanes of at least 4 members (excludes halogenated alkanes) is 1. The normalized spacial score (nSPS) is 10.1. The number of aliphatic imine (C=N–C) groups is 1. The lowest BCUT2D eigenvalue weighted by Gasteiger charge is -2.11. The van der Waals surface area contributed by atoms with Crippen LogP contribution in [-0.2, 0) is 13.1 Å². The first-order valence-electron chi connectivity index (χ1n) is 19.7. The summed E-state index contributed by atoms with van der Waals surface area (Å²) in [6.07, 6.45) is 5.45. The average molecular weight is 762 g/mol. The van der Waals surface area contributed by atoms with Gasteiger partial charge in [0.25, 0.3) is 0 Å². The van der Waals surface area contributed by atoms with Gasteiger partial charge in [-0.3, -0.25) is 4.99 Å². The quantitative estimate of drug-likeness (QED) is 0.120. The molecule has 0 fully saturated rings. The maximum Gasteiger partial charge on any atom is 0.0632 e. The molecule has 0 bridgehead atoms. The first kappa shape index (κ1) is 46.6. The molecule has 0 radical (unpaired) electrons. The van der Waals surface area contributed by atoms with Gasteiger partial charge in [-0.05, 0) is 83.3 Å². The van der Waals surface area contributed by atoms with Gasteiger partial charge in [0, 0.05) is 32.4 Å². The molecule has 0 spiro atoms. The average Bonchev–Trinajstić information content (AvgIpc) is 3.65. The number of hydrogen-bond donors (Lipinski definition) is 2. The third kappa shape index (κ3) is 14.6. The molecule has 0 amide bonds. The minimum absolute atomic E-state index is 0.508. The molecule has 1 heterocycles. The second-order valence-electron chi connectivity index (χ2n) is 12.7. The van der Waals surface area contributed by atoms with E-state index in [-0.39, 0.29) is 0 Å². The predicted octanol–water partition coefficient (Wildman–Crippen LogP) is 15.1. The van der Waals surface area contributed by atoms with E-state index in [1.165, 1.54) is 60.0 Å². The van der Waals surface area contributed by atoms with E-state index in [2.05, 4.69) is 156 Å². The molecule has 7 rings (SSSR count). The highest BCUT2D eigenvalue weighted by Crippen LogP contribution is 2.41. The number of hydrogen-bond acceptors (Lipinski definition) is 4. The van der Waals surface area contributed by atoms with E-state index in [4.69, 9.17) is 11.5 Å². The maximum absolute atomic E-state index is 6.25. The molecule has 0 saturated carbocycles. The Morgan fingerprint density at radius 3 is 1.80 bits per heavy atom. The molecule has 0 aliphatic carbocycles. The van der Waals surface area contributed by atoms with Gasteiger partial charge in [-0.2, -0.15) is 0 Å². The van der Waals surface area contributed by atoms with Crippen molar-refractivity contribution in [3.8, 4) is 22.3 Å². The maximum atomic E-state index is 6.25. The summed E-state index contributed by atoms with van der Waals surface area (Å²) < 4.78 is 2.64. The van der Waals surface area contributed by atoms with Gasteiger partial charge < -0.3 is 11.5 Å². The number of thiophene rings is 1. The van der Waals surface area contributed by atoms with Crippen LogP contribution in [0.15, 0.2) is 170 Å². The van der Waals surface area contributed by atoms with Crippen molar-refractivity contribution < 1.29 is 0 Å². The summed E-state index contributed by atoms with van der Waals surface area (Å²) in [7, 11) is 0. The van der Waals surface area contributed by atoms with Crippen LogP contribution in [-0.4, -0.2) is 6.72 Å². The standard InChI is InChI=1S/C30H28N2S.C8H9N.C7H8.C3H8.C2H6.C2H4/c1-2-3-10-28(32)22-14-12-21(13-15-22)23-16-20(19-31)17-24(18-23)25-8-6-9-27-26-7-4-5-11-29(26)33-30(25)27;1-9-7-8-5-3-2-4-6-8;1-7-5-3-2-4-6-7;1-3-2;2*1-2/h4-18H,2-3,19,31-32H2,1H3;2-6H,1,7H2;2-6H,1H3;3H2,1-2H3;1-2H3;1-2H2/b28-10-;;;;;. The van der Waals surface area contributed by atoms with Crippen molar-refractivity contribution in [1.29, 1.82) is 0 Å². The Bertz CT molecular complexity index is 2150. The summed E-state index contributed by atoms with van der Waals surface area (Å²) in [6, 6.07) is 50.8. The zero-order valence-corrected chi connectivity index (χ0v) is 35.4. The summed E-state index contributed by atoms with van der Waals surface area (Å²) in [5.74, 6) is 0. The number of nitrogens with two attached hydrogens (primary N) is 2. The highest BCUT2D eigenvalue weighted by atomic mass is 32.1. The zero-order valence-electron chi connectivity index (χ0n) is 34.6. The van der Waals surface area contributed by atoms with E-state index in [0.29, 0.717) is 6.54 Å². The van der Waals surface area contributed by atoms with Crippen LogP contribution >= 0.6 is 11.3 Å². The molecule has 0 atom stereocenters. The molecule has 0 unspecified atom stereocenters. The van der Waals surface area contributed by atoms with E-state index in [1.807, 2.05) is 73.7 Å². The van der Waals surface area contributed by atoms with Gasteiger partial charge in [-0.15, -0.1) is 24.5 Å². The molecule has 292 valence electrons. The largest absolute Gasteiger partial charge is 0.399 e. The summed E-state index contributed by atoms with van der Waals surface area (Å²) >= 11 is 1.86. The second kappa shape index (κ2) is 27.1. The molecule has 6 aromatic carbocycles. The molecule has 0 saturated heterocycles. The van der Waals surface area contributed by atoms with Gasteiger partial charge in [0.1, 0.15) is 0 Å². The molecule has 7 aromatic rings. The second-order valence-corrected chi connectivity index (χ2v) is 13.7. The third-order valence-corrected chi connectivity index (χ3v) is 9.45. The van der Waals surface area contributed by atoms with Gasteiger partial charge in [-0.25, -0.2) is 0 Å². The molecule has 4 heteroatoms. The van der Waals surface area contributed by atoms with Crippen molar-refractivity contribution in [2.45, 2.75) is 73.9 Å². The lowest BCUT2D eigenvalue weighted by molar-refractivity contribution is 0.958. The Balaban J connectivity index is 0.000000383. The summed E-state index contributed by atoms with van der Waals surface area (Å²) in [6.45, 7) is 23.1. The van der Waals surface area contributed by atoms with Gasteiger partial charge in [0.15, 0.2) is 0 Å². The van der Waals surface area contributed by atoms with Crippen LogP contribution in [0, 0.1) is 6.92 Å². The van der Waals surface area contributed by atoms with Crippen LogP contribution in [0.2, 0.25) is 0 Å². The number of aryl methyl sites for hydroxylation is 1. The van der Waals surface area contributed by atoms with Crippen molar-refractivity contribution in [2.24, 2.45) is 16.5 Å². The fraction of sp³-hybridized carbons (Fsp3) is 0.212. The van der Waals surface area contributed by atoms with E-state index < -0.39 is 0 Å². The SMILES string of the molecule is C=C.C=NCc1ccccc1.CC.CCC.CCC/C=C(\N)c1ccc(-c2cc(CN)cc(-c3cccc4c3sc3ccccc34)c2)cc1.Cc1ccccc1. The van der Waals surface area contributed by atoms with E-state index in [0.717, 1.165) is 36.2 Å². The van der Waals surface area contributed by atoms with Crippen molar-refractivity contribution in [1.82, 2.24) is 0 Å². The topological polar surface area (TPSA) is 64.4 Å². The van der Waals surface area contributed by atoms with Crippen molar-refractivity contribution in [3.05, 3.63) is 187 Å². The number of benzene rings is 6. The van der Waals surface area contributed by atoms with Crippen molar-refractivity contribution in [2.75, 3.05) is 0 Å². The smallest absolute Gasteiger partial charge is 0.0632 e. The van der Waals surface area contributed by atoms with Gasteiger partial charge in [0.2, 0.25) is 0 Å². The Labute approximate surface area is 342 Å². The fourth-order valence-corrected chi connectivity index (χ4v) is 6.86. The number of nitrogens with zero attached hydrogens (tertiary/aromatic N) is 1. The first-order valence-corrected chi connectivity index (χ1v) is 20.5. The molecule has 0 aliphatic rings. The summed E-state index contributed by atoms with van der Waals surface area (Å²) in [4.78, 5) is 3.76. The molecule has 3 nitrogen and oxygen atoms in total. The van der Waals surface area contributed by atoms with Crippen LogP contribution in [0.25, 0.3) is 48.1 Å². The summed E-state index contributed by atoms with van der Waals surface area (Å²) in [5, 5.41) is 2.63. The summed E-state index contributed by atoms with van der Waals surface area (Å²) in [5.41, 5.74) is 22.7. The Hall–Kier alpha value is -5.55. The number of fused-ring (bicyclic) bond motifs is 3. The van der Waals surface area contributed by atoms with Crippen LogP contribution in [0.5, 0.6) is 0 Å². The molecule has 1 aromatic heterocycles. The highest BCUT2D eigenvalue weighted by molar-refractivity contribution is 7.26. The van der Waals surface area contributed by atoms with E-state index in [9.17, 15) is 0 Å². The Morgan fingerprint density at radius 1 is 0.661 bits per heavy atom. The monoisotopic (exact) mass is 761 g/mol. The number of allylic oxidation sites excluding steroid dienone is 1. The van der Waals surface area contributed by atoms with Gasteiger partial charge in [-0.1, -0.05) is 180 Å². The van der Waals surface area contributed by atoms with Crippen molar-refractivity contribution >= 4 is 43.9 Å². The molecule has 0 aliphatic heterocycles. The van der Waals surface area contributed by atoms with Crippen LogP contribution in [0.1, 0.15) is 76.1 Å². The van der Waals surface area contributed by atoms with E-state index >= 15 is 0 Å². The zero-order chi connectivity index (χ0) is 41.1. The molecule has 56 heavy (non-hydrogen) atoms. The highest BCUT2D eigenvalue weighted by Gasteiger charge is 2.12. The fourth-order valence-electron chi connectivity index (χ4n) is 5.63. The van der Waals surface area contributed by atoms with Crippen LogP contribution in [0.3, 0.4) is 0 Å². The first-order chi connectivity index (χ1) is 27.4.